The molecule has 1 aromatic heterocycles. The predicted octanol–water partition coefficient (Wildman–Crippen LogP) is 2.58. The Kier molecular flexibility index (Phi) is 5.54. The molecule has 23 heavy (non-hydrogen) atoms. The number of carbonyl (C=O) groups excluding carboxylic acids is 2. The summed E-state index contributed by atoms with van der Waals surface area (Å²) in [5, 5.41) is 14.1. The van der Waals surface area contributed by atoms with Crippen LogP contribution < -0.4 is 10.6 Å². The Morgan fingerprint density at radius 2 is 1.87 bits per heavy atom. The van der Waals surface area contributed by atoms with Crippen LogP contribution in [0.5, 0.6) is 0 Å². The Morgan fingerprint density at radius 1 is 1.17 bits per heavy atom. The SMILES string of the molecule is CCc1ccc(C(=O)c2ccc(NC(=O)N[C@@H](C)CO)cc2)o1. The number of hydrogen-bond acceptors (Lipinski definition) is 4. The van der Waals surface area contributed by atoms with Crippen molar-refractivity contribution in [2.75, 3.05) is 11.9 Å². The normalized spacial score (nSPS) is 11.8. The van der Waals surface area contributed by atoms with Crippen molar-refractivity contribution in [2.45, 2.75) is 26.3 Å². The van der Waals surface area contributed by atoms with Crippen LogP contribution in [0.1, 0.15) is 35.7 Å². The molecule has 1 atom stereocenters. The van der Waals surface area contributed by atoms with Crippen LogP contribution in [0.15, 0.2) is 40.8 Å². The van der Waals surface area contributed by atoms with Crippen molar-refractivity contribution in [3.8, 4) is 0 Å². The summed E-state index contributed by atoms with van der Waals surface area (Å²) >= 11 is 0. The zero-order chi connectivity index (χ0) is 16.8. The fourth-order valence-corrected chi connectivity index (χ4v) is 1.97. The average Bonchev–Trinajstić information content (AvgIpc) is 3.03. The predicted molar refractivity (Wildman–Crippen MR) is 86.7 cm³/mol. The molecule has 0 aliphatic heterocycles. The highest BCUT2D eigenvalue weighted by Crippen LogP contribution is 2.16. The molecule has 2 amide bonds. The van der Waals surface area contributed by atoms with Crippen LogP contribution in [-0.2, 0) is 6.42 Å². The summed E-state index contributed by atoms with van der Waals surface area (Å²) in [5.41, 5.74) is 1.04. The van der Waals surface area contributed by atoms with E-state index >= 15 is 0 Å². The largest absolute Gasteiger partial charge is 0.458 e. The molecule has 0 saturated heterocycles. The van der Waals surface area contributed by atoms with Gasteiger partial charge >= 0.3 is 6.03 Å². The number of amides is 2. The van der Waals surface area contributed by atoms with E-state index in [1.165, 1.54) is 0 Å². The number of furan rings is 1. The Hall–Kier alpha value is -2.60. The highest BCUT2D eigenvalue weighted by molar-refractivity contribution is 6.07. The third-order valence-corrected chi connectivity index (χ3v) is 3.29. The summed E-state index contributed by atoms with van der Waals surface area (Å²) < 4.78 is 5.45. The summed E-state index contributed by atoms with van der Waals surface area (Å²) in [4.78, 5) is 23.9. The molecule has 0 aliphatic rings. The maximum atomic E-state index is 12.3. The number of rotatable bonds is 6. The fourth-order valence-electron chi connectivity index (χ4n) is 1.97. The van der Waals surface area contributed by atoms with Crippen molar-refractivity contribution in [1.82, 2.24) is 5.32 Å². The third kappa shape index (κ3) is 4.43. The van der Waals surface area contributed by atoms with Gasteiger partial charge in [0.15, 0.2) is 5.76 Å². The van der Waals surface area contributed by atoms with Gasteiger partial charge in [0.1, 0.15) is 5.76 Å². The van der Waals surface area contributed by atoms with Crippen LogP contribution in [0.3, 0.4) is 0 Å². The van der Waals surface area contributed by atoms with Gasteiger partial charge in [0.25, 0.3) is 0 Å². The van der Waals surface area contributed by atoms with Crippen molar-refractivity contribution in [3.05, 3.63) is 53.5 Å². The van der Waals surface area contributed by atoms with E-state index in [1.54, 1.807) is 43.3 Å². The molecule has 2 aromatic rings. The van der Waals surface area contributed by atoms with Crippen LogP contribution in [0, 0.1) is 0 Å². The highest BCUT2D eigenvalue weighted by Gasteiger charge is 2.13. The van der Waals surface area contributed by atoms with Crippen LogP contribution in [0.25, 0.3) is 0 Å². The number of aliphatic hydroxyl groups excluding tert-OH is 1. The number of benzene rings is 1. The average molecular weight is 316 g/mol. The maximum Gasteiger partial charge on any atom is 0.319 e. The Bertz CT molecular complexity index is 676. The lowest BCUT2D eigenvalue weighted by molar-refractivity contribution is 0.101. The number of aliphatic hydroxyl groups is 1. The molecule has 6 nitrogen and oxygen atoms in total. The molecule has 6 heteroatoms. The van der Waals surface area contributed by atoms with Crippen LogP contribution in [-0.4, -0.2) is 29.6 Å². The Balaban J connectivity index is 2.01. The summed E-state index contributed by atoms with van der Waals surface area (Å²) in [6, 6.07) is 9.24. The van der Waals surface area contributed by atoms with Gasteiger partial charge in [0, 0.05) is 17.7 Å². The molecule has 0 saturated carbocycles. The molecule has 122 valence electrons. The summed E-state index contributed by atoms with van der Waals surface area (Å²) in [6.45, 7) is 3.51. The first-order valence-corrected chi connectivity index (χ1v) is 7.45. The smallest absolute Gasteiger partial charge is 0.319 e. The molecule has 2 rings (SSSR count). The van der Waals surface area contributed by atoms with E-state index in [4.69, 9.17) is 9.52 Å². The van der Waals surface area contributed by atoms with E-state index in [-0.39, 0.29) is 18.4 Å². The number of ketones is 1. The molecule has 3 N–H and O–H groups in total. The second kappa shape index (κ2) is 7.60. The zero-order valence-electron chi connectivity index (χ0n) is 13.1. The van der Waals surface area contributed by atoms with E-state index in [0.717, 1.165) is 12.2 Å². The topological polar surface area (TPSA) is 91.6 Å². The van der Waals surface area contributed by atoms with E-state index in [1.807, 2.05) is 6.92 Å². The van der Waals surface area contributed by atoms with Gasteiger partial charge in [0.2, 0.25) is 5.78 Å². The van der Waals surface area contributed by atoms with Crippen molar-refractivity contribution >= 4 is 17.5 Å². The molecular formula is C17H20N2O4. The zero-order valence-corrected chi connectivity index (χ0v) is 13.1. The van der Waals surface area contributed by atoms with Crippen molar-refractivity contribution in [2.24, 2.45) is 0 Å². The van der Waals surface area contributed by atoms with Crippen molar-refractivity contribution in [1.29, 1.82) is 0 Å². The van der Waals surface area contributed by atoms with Gasteiger partial charge in [-0.1, -0.05) is 6.92 Å². The van der Waals surface area contributed by atoms with Gasteiger partial charge < -0.3 is 20.2 Å². The first-order chi connectivity index (χ1) is 11.0. The lowest BCUT2D eigenvalue weighted by Gasteiger charge is -2.12. The van der Waals surface area contributed by atoms with Crippen LogP contribution in [0.2, 0.25) is 0 Å². The summed E-state index contributed by atoms with van der Waals surface area (Å²) in [5.74, 6) is 0.869. The number of urea groups is 1. The molecular weight excluding hydrogens is 296 g/mol. The third-order valence-electron chi connectivity index (χ3n) is 3.29. The van der Waals surface area contributed by atoms with Gasteiger partial charge in [-0.25, -0.2) is 4.79 Å². The number of hydrogen-bond donors (Lipinski definition) is 3. The van der Waals surface area contributed by atoms with Crippen LogP contribution in [0.4, 0.5) is 10.5 Å². The molecule has 0 unspecified atom stereocenters. The molecule has 0 aliphatic carbocycles. The molecule has 0 bridgehead atoms. The maximum absolute atomic E-state index is 12.3. The number of nitrogens with one attached hydrogen (secondary N) is 2. The first-order valence-electron chi connectivity index (χ1n) is 7.45. The Morgan fingerprint density at radius 3 is 2.43 bits per heavy atom. The highest BCUT2D eigenvalue weighted by atomic mass is 16.3. The monoisotopic (exact) mass is 316 g/mol. The van der Waals surface area contributed by atoms with Gasteiger partial charge in [-0.2, -0.15) is 0 Å². The molecule has 1 heterocycles. The minimum atomic E-state index is -0.413. The second-order valence-corrected chi connectivity index (χ2v) is 5.21. The van der Waals surface area contributed by atoms with E-state index in [0.29, 0.717) is 17.0 Å². The molecule has 0 fully saturated rings. The first kappa shape index (κ1) is 16.8. The lowest BCUT2D eigenvalue weighted by Crippen LogP contribution is -2.38. The van der Waals surface area contributed by atoms with Crippen molar-refractivity contribution < 1.29 is 19.1 Å². The van der Waals surface area contributed by atoms with Gasteiger partial charge in [-0.05, 0) is 43.3 Å². The molecule has 1 aromatic carbocycles. The van der Waals surface area contributed by atoms with Crippen molar-refractivity contribution in [3.63, 3.8) is 0 Å². The number of anilines is 1. The lowest BCUT2D eigenvalue weighted by atomic mass is 10.1. The number of aryl methyl sites for hydroxylation is 1. The summed E-state index contributed by atoms with van der Waals surface area (Å²) in [6.07, 6.45) is 0.734. The van der Waals surface area contributed by atoms with E-state index < -0.39 is 6.03 Å². The quantitative estimate of drug-likeness (QED) is 0.714. The second-order valence-electron chi connectivity index (χ2n) is 5.21. The minimum Gasteiger partial charge on any atom is -0.458 e. The standard InChI is InChI=1S/C17H20N2O4/c1-3-14-8-9-15(23-14)16(21)12-4-6-13(7-5-12)19-17(22)18-11(2)10-20/h4-9,11,20H,3,10H2,1-2H3,(H2,18,19,22)/t11-/m0/s1. The van der Waals surface area contributed by atoms with E-state index in [9.17, 15) is 9.59 Å². The minimum absolute atomic E-state index is 0.135. The van der Waals surface area contributed by atoms with E-state index in [2.05, 4.69) is 10.6 Å². The molecule has 0 spiro atoms. The summed E-state index contributed by atoms with van der Waals surface area (Å²) in [7, 11) is 0. The van der Waals surface area contributed by atoms with Gasteiger partial charge in [-0.15, -0.1) is 0 Å². The molecule has 0 radical (unpaired) electrons. The van der Waals surface area contributed by atoms with Gasteiger partial charge in [0.05, 0.1) is 12.6 Å². The van der Waals surface area contributed by atoms with Crippen LogP contribution >= 0.6 is 0 Å². The number of carbonyl (C=O) groups is 2. The van der Waals surface area contributed by atoms with Gasteiger partial charge in [-0.3, -0.25) is 4.79 Å². The fraction of sp³-hybridized carbons (Fsp3) is 0.294. The Labute approximate surface area is 134 Å².